The van der Waals surface area contributed by atoms with Gasteiger partial charge in [0.1, 0.15) is 11.5 Å². The number of benzene rings is 3. The Hall–Kier alpha value is -4.57. The molecule has 4 aromatic rings. The van der Waals surface area contributed by atoms with Crippen LogP contribution < -0.4 is 31.9 Å². The first-order chi connectivity index (χ1) is 16.6. The highest BCUT2D eigenvalue weighted by atomic mass is 16.5. The Labute approximate surface area is 196 Å². The summed E-state index contributed by atoms with van der Waals surface area (Å²) < 4.78 is 13.0. The van der Waals surface area contributed by atoms with Crippen molar-refractivity contribution in [3.8, 4) is 28.4 Å². The van der Waals surface area contributed by atoms with Gasteiger partial charge >= 0.3 is 0 Å². The molecule has 0 spiro atoms. The second-order valence-electron chi connectivity index (χ2n) is 7.27. The maximum Gasteiger partial charge on any atom is 0.272 e. The van der Waals surface area contributed by atoms with Crippen LogP contribution in [0, 0.1) is 0 Å². The summed E-state index contributed by atoms with van der Waals surface area (Å²) in [5.74, 6) is 11.6. The van der Waals surface area contributed by atoms with Crippen molar-refractivity contribution in [3.05, 3.63) is 72.4 Å². The van der Waals surface area contributed by atoms with Gasteiger partial charge in [-0.1, -0.05) is 42.5 Å². The maximum absolute atomic E-state index is 13.0. The third kappa shape index (κ3) is 4.21. The van der Waals surface area contributed by atoms with Crippen LogP contribution in [0.2, 0.25) is 0 Å². The molecule has 0 bridgehead atoms. The van der Waals surface area contributed by atoms with Crippen molar-refractivity contribution in [1.29, 1.82) is 0 Å². The smallest absolute Gasteiger partial charge is 0.272 e. The van der Waals surface area contributed by atoms with Crippen LogP contribution >= 0.6 is 0 Å². The Bertz CT molecular complexity index is 1340. The number of nitrogens with zero attached hydrogens (tertiary/aromatic N) is 3. The van der Waals surface area contributed by atoms with Crippen LogP contribution in [0.3, 0.4) is 0 Å². The van der Waals surface area contributed by atoms with E-state index in [2.05, 4.69) is 20.9 Å². The van der Waals surface area contributed by atoms with Crippen LogP contribution in [0.15, 0.2) is 71.8 Å². The zero-order chi connectivity index (χ0) is 24.1. The summed E-state index contributed by atoms with van der Waals surface area (Å²) in [6.45, 7) is 0.0142. The molecule has 174 valence electrons. The van der Waals surface area contributed by atoms with E-state index in [1.54, 1.807) is 25.0 Å². The maximum atomic E-state index is 13.0. The first-order valence-corrected chi connectivity index (χ1v) is 10.4. The zero-order valence-electron chi connectivity index (χ0n) is 18.8. The summed E-state index contributed by atoms with van der Waals surface area (Å²) in [7, 11) is 3.16. The van der Waals surface area contributed by atoms with E-state index >= 15 is 0 Å². The van der Waals surface area contributed by atoms with E-state index in [9.17, 15) is 4.79 Å². The average molecular weight is 460 g/mol. The highest BCUT2D eigenvalue weighted by molar-refractivity contribution is 5.98. The van der Waals surface area contributed by atoms with Crippen LogP contribution in [0.1, 0.15) is 10.5 Å². The topological polar surface area (TPSA) is 142 Å². The minimum absolute atomic E-state index is 0.0142. The van der Waals surface area contributed by atoms with E-state index in [0.717, 1.165) is 16.5 Å². The third-order valence-corrected chi connectivity index (χ3v) is 5.36. The summed E-state index contributed by atoms with van der Waals surface area (Å²) in [6.07, 6.45) is 0. The summed E-state index contributed by atoms with van der Waals surface area (Å²) in [4.78, 5) is 13.0. The quantitative estimate of drug-likeness (QED) is 0.144. The Kier molecular flexibility index (Phi) is 6.60. The molecule has 0 atom stereocenters. The van der Waals surface area contributed by atoms with Gasteiger partial charge < -0.3 is 26.1 Å². The fraction of sp³-hybridized carbons (Fsp3) is 0.125. The van der Waals surface area contributed by atoms with Crippen LogP contribution in [0.25, 0.3) is 27.7 Å². The van der Waals surface area contributed by atoms with Gasteiger partial charge in [-0.3, -0.25) is 4.79 Å². The molecule has 1 aromatic heterocycles. The van der Waals surface area contributed by atoms with Crippen molar-refractivity contribution >= 4 is 22.5 Å². The number of carbonyl (C=O) groups is 1. The molecule has 0 saturated carbocycles. The number of aromatic nitrogens is 2. The minimum Gasteiger partial charge on any atom is -0.496 e. The number of nitrogens with one attached hydrogen (secondary N) is 2. The molecule has 0 saturated heterocycles. The number of rotatable bonds is 7. The van der Waals surface area contributed by atoms with Gasteiger partial charge in [-0.25, -0.2) is 10.5 Å². The monoisotopic (exact) mass is 459 g/mol. The van der Waals surface area contributed by atoms with Crippen molar-refractivity contribution in [2.75, 3.05) is 20.8 Å². The molecule has 1 heterocycles. The van der Waals surface area contributed by atoms with E-state index in [0.29, 0.717) is 22.8 Å². The van der Waals surface area contributed by atoms with Crippen LogP contribution in [0.4, 0.5) is 0 Å². The standard InChI is InChI=1S/C24H25N7O3/c1-33-20-11-6-12-21(34-2)23(20)19-13-17(24(32)27-14-22(28-25)29-26)30-31(19)18-10-5-8-15-7-3-4-9-16(15)18/h3-13H,14,25-26H2,1-2H3,(H,27,32)(H,28,29). The minimum atomic E-state index is -0.425. The lowest BCUT2D eigenvalue weighted by Crippen LogP contribution is -2.41. The summed E-state index contributed by atoms with van der Waals surface area (Å²) in [5.41, 5.74) is 4.60. The molecular formula is C24H25N7O3. The lowest BCUT2D eigenvalue weighted by atomic mass is 10.1. The molecule has 10 nitrogen and oxygen atoms in total. The van der Waals surface area contributed by atoms with Gasteiger partial charge in [-0.15, -0.1) is 0 Å². The molecule has 6 N–H and O–H groups in total. The van der Waals surface area contributed by atoms with E-state index < -0.39 is 5.91 Å². The van der Waals surface area contributed by atoms with Crippen molar-refractivity contribution in [3.63, 3.8) is 0 Å². The van der Waals surface area contributed by atoms with Crippen molar-refractivity contribution in [2.24, 2.45) is 16.8 Å². The normalized spacial score (nSPS) is 11.3. The number of fused-ring (bicyclic) bond motifs is 1. The van der Waals surface area contributed by atoms with Gasteiger partial charge in [0.25, 0.3) is 5.91 Å². The molecule has 0 unspecified atom stereocenters. The average Bonchev–Trinajstić information content (AvgIpc) is 3.33. The molecular weight excluding hydrogens is 434 g/mol. The Morgan fingerprint density at radius 2 is 1.71 bits per heavy atom. The lowest BCUT2D eigenvalue weighted by molar-refractivity contribution is 0.0953. The molecule has 0 aliphatic heterocycles. The number of hydrogen-bond acceptors (Lipinski definition) is 7. The van der Waals surface area contributed by atoms with Gasteiger partial charge in [0.15, 0.2) is 11.5 Å². The predicted molar refractivity (Wildman–Crippen MR) is 131 cm³/mol. The first kappa shape index (κ1) is 22.6. The highest BCUT2D eigenvalue weighted by Crippen LogP contribution is 2.40. The Morgan fingerprint density at radius 3 is 2.38 bits per heavy atom. The number of hydrazine groups is 1. The number of amidine groups is 1. The number of hydrogen-bond donors (Lipinski definition) is 4. The molecule has 3 aromatic carbocycles. The van der Waals surface area contributed by atoms with Crippen LogP contribution in [0.5, 0.6) is 11.5 Å². The van der Waals surface area contributed by atoms with Crippen molar-refractivity contribution in [1.82, 2.24) is 20.5 Å². The largest absolute Gasteiger partial charge is 0.496 e. The number of carbonyl (C=O) groups excluding carboxylic acids is 1. The molecule has 0 fully saturated rings. The fourth-order valence-corrected chi connectivity index (χ4v) is 3.74. The number of hydrazone groups is 1. The summed E-state index contributed by atoms with van der Waals surface area (Å²) in [5, 5.41) is 12.9. The zero-order valence-corrected chi connectivity index (χ0v) is 18.8. The van der Waals surface area contributed by atoms with E-state index in [-0.39, 0.29) is 18.1 Å². The van der Waals surface area contributed by atoms with E-state index in [1.165, 1.54) is 0 Å². The summed E-state index contributed by atoms with van der Waals surface area (Å²) in [6, 6.07) is 21.0. The second kappa shape index (κ2) is 9.92. The number of amides is 1. The lowest BCUT2D eigenvalue weighted by Gasteiger charge is -2.15. The molecule has 4 rings (SSSR count). The van der Waals surface area contributed by atoms with Gasteiger partial charge in [0.2, 0.25) is 0 Å². The third-order valence-electron chi connectivity index (χ3n) is 5.36. The van der Waals surface area contributed by atoms with E-state index in [4.69, 9.17) is 21.2 Å². The van der Waals surface area contributed by atoms with Crippen LogP contribution in [-0.4, -0.2) is 42.3 Å². The molecule has 0 radical (unpaired) electrons. The van der Waals surface area contributed by atoms with Crippen LogP contribution in [-0.2, 0) is 0 Å². The van der Waals surface area contributed by atoms with Gasteiger partial charge in [0.05, 0.1) is 37.7 Å². The SMILES string of the molecule is COc1cccc(OC)c1-c1cc(C(=O)NCC(=NN)NN)nn1-c1cccc2ccccc12. The Morgan fingerprint density at radius 1 is 1.03 bits per heavy atom. The fourth-order valence-electron chi connectivity index (χ4n) is 3.74. The van der Waals surface area contributed by atoms with E-state index in [1.807, 2.05) is 60.7 Å². The number of methoxy groups -OCH3 is 2. The first-order valence-electron chi connectivity index (χ1n) is 10.4. The summed E-state index contributed by atoms with van der Waals surface area (Å²) >= 11 is 0. The van der Waals surface area contributed by atoms with Gasteiger partial charge in [-0.2, -0.15) is 10.2 Å². The highest BCUT2D eigenvalue weighted by Gasteiger charge is 2.23. The predicted octanol–water partition coefficient (Wildman–Crippen LogP) is 2.18. The molecule has 0 aliphatic rings. The van der Waals surface area contributed by atoms with Gasteiger partial charge in [-0.05, 0) is 29.7 Å². The van der Waals surface area contributed by atoms with Gasteiger partial charge in [0, 0.05) is 5.39 Å². The second-order valence-corrected chi connectivity index (χ2v) is 7.27. The molecule has 10 heteroatoms. The molecule has 34 heavy (non-hydrogen) atoms. The number of nitrogens with two attached hydrogens (primary N) is 2. The van der Waals surface area contributed by atoms with Crippen molar-refractivity contribution < 1.29 is 14.3 Å². The Balaban J connectivity index is 1.91. The van der Waals surface area contributed by atoms with Crippen molar-refractivity contribution in [2.45, 2.75) is 0 Å². The molecule has 0 aliphatic carbocycles. The molecule has 1 amide bonds. The number of ether oxygens (including phenoxy) is 2.